The van der Waals surface area contributed by atoms with Gasteiger partial charge in [0.2, 0.25) is 0 Å². The number of aromatic nitrogens is 3. The first kappa shape index (κ1) is 18.6. The lowest BCUT2D eigenvalue weighted by atomic mass is 10.1. The van der Waals surface area contributed by atoms with E-state index in [1.54, 1.807) is 18.6 Å². The number of hydrogen-bond acceptors (Lipinski definition) is 5. The van der Waals surface area contributed by atoms with Gasteiger partial charge in [0.15, 0.2) is 0 Å². The Hall–Kier alpha value is -3.80. The molecule has 4 aromatic rings. The van der Waals surface area contributed by atoms with Gasteiger partial charge in [-0.05, 0) is 55.3 Å². The van der Waals surface area contributed by atoms with Crippen LogP contribution >= 0.6 is 0 Å². The fraction of sp³-hybridized carbons (Fsp3) is 0.130. The number of amides is 1. The van der Waals surface area contributed by atoms with E-state index in [0.29, 0.717) is 11.4 Å². The summed E-state index contributed by atoms with van der Waals surface area (Å²) < 4.78 is 0. The molecule has 1 amide bonds. The molecule has 2 N–H and O–H groups in total. The molecule has 0 bridgehead atoms. The van der Waals surface area contributed by atoms with Crippen molar-refractivity contribution in [2.45, 2.75) is 19.9 Å². The average Bonchev–Trinajstić information content (AvgIpc) is 2.74. The summed E-state index contributed by atoms with van der Waals surface area (Å²) in [4.78, 5) is 25.6. The highest BCUT2D eigenvalue weighted by Crippen LogP contribution is 2.22. The van der Waals surface area contributed by atoms with Crippen LogP contribution in [0.25, 0.3) is 11.0 Å². The molecule has 0 unspecified atom stereocenters. The van der Waals surface area contributed by atoms with E-state index >= 15 is 0 Å². The number of para-hydroxylation sites is 2. The molecule has 2 aromatic carbocycles. The van der Waals surface area contributed by atoms with Crippen LogP contribution in [0, 0.1) is 6.92 Å². The van der Waals surface area contributed by atoms with Crippen molar-refractivity contribution in [3.05, 3.63) is 89.9 Å². The number of nitrogens with zero attached hydrogens (tertiary/aromatic N) is 3. The zero-order chi connectivity index (χ0) is 20.2. The molecule has 0 aliphatic rings. The SMILES string of the molecule is Cc1cncc(C(=O)Nc2cccc([C@H](C)Nc3cnc4ccccc4n3)c2)c1. The molecule has 0 radical (unpaired) electrons. The molecular weight excluding hydrogens is 362 g/mol. The highest BCUT2D eigenvalue weighted by Gasteiger charge is 2.11. The Balaban J connectivity index is 1.49. The van der Waals surface area contributed by atoms with E-state index < -0.39 is 0 Å². The van der Waals surface area contributed by atoms with Crippen molar-refractivity contribution < 1.29 is 4.79 Å². The van der Waals surface area contributed by atoms with Crippen molar-refractivity contribution in [3.8, 4) is 0 Å². The van der Waals surface area contributed by atoms with Crippen LogP contribution < -0.4 is 10.6 Å². The summed E-state index contributed by atoms with van der Waals surface area (Å²) in [6, 6.07) is 17.3. The first-order chi connectivity index (χ1) is 14.1. The average molecular weight is 383 g/mol. The van der Waals surface area contributed by atoms with Gasteiger partial charge in [-0.15, -0.1) is 0 Å². The number of pyridine rings is 1. The second kappa shape index (κ2) is 8.06. The second-order valence-corrected chi connectivity index (χ2v) is 6.94. The molecule has 2 aromatic heterocycles. The maximum Gasteiger partial charge on any atom is 0.257 e. The highest BCUT2D eigenvalue weighted by molar-refractivity contribution is 6.04. The zero-order valence-corrected chi connectivity index (χ0v) is 16.3. The number of rotatable bonds is 5. The van der Waals surface area contributed by atoms with Crippen LogP contribution in [0.15, 0.2) is 73.2 Å². The normalized spacial score (nSPS) is 11.8. The summed E-state index contributed by atoms with van der Waals surface area (Å²) in [6.07, 6.45) is 5.02. The van der Waals surface area contributed by atoms with Gasteiger partial charge in [-0.2, -0.15) is 0 Å². The van der Waals surface area contributed by atoms with Gasteiger partial charge in [0.05, 0.1) is 28.8 Å². The molecule has 6 nitrogen and oxygen atoms in total. The molecule has 4 rings (SSSR count). The zero-order valence-electron chi connectivity index (χ0n) is 16.3. The van der Waals surface area contributed by atoms with E-state index in [-0.39, 0.29) is 11.9 Å². The quantitative estimate of drug-likeness (QED) is 0.519. The first-order valence-electron chi connectivity index (χ1n) is 9.40. The Kier molecular flexibility index (Phi) is 5.16. The van der Waals surface area contributed by atoms with Gasteiger partial charge in [0.25, 0.3) is 5.91 Å². The van der Waals surface area contributed by atoms with Crippen molar-refractivity contribution in [3.63, 3.8) is 0 Å². The Morgan fingerprint density at radius 3 is 2.62 bits per heavy atom. The molecule has 0 saturated carbocycles. The minimum atomic E-state index is -0.181. The van der Waals surface area contributed by atoms with E-state index in [2.05, 4.69) is 25.6 Å². The van der Waals surface area contributed by atoms with E-state index in [4.69, 9.17) is 0 Å². The third kappa shape index (κ3) is 4.38. The van der Waals surface area contributed by atoms with Crippen molar-refractivity contribution in [1.82, 2.24) is 15.0 Å². The standard InChI is InChI=1S/C23H21N5O/c1-15-10-18(13-24-12-15)23(29)27-19-7-5-6-17(11-19)16(2)26-22-14-25-20-8-3-4-9-21(20)28-22/h3-14,16H,1-2H3,(H,26,28)(H,27,29)/t16-/m0/s1. The Morgan fingerprint density at radius 2 is 1.79 bits per heavy atom. The van der Waals surface area contributed by atoms with Crippen molar-refractivity contribution in [1.29, 1.82) is 0 Å². The summed E-state index contributed by atoms with van der Waals surface area (Å²) in [7, 11) is 0. The molecule has 29 heavy (non-hydrogen) atoms. The Labute approximate surface area is 169 Å². The predicted molar refractivity (Wildman–Crippen MR) is 115 cm³/mol. The molecule has 0 aliphatic carbocycles. The molecular formula is C23H21N5O. The van der Waals surface area contributed by atoms with Crippen molar-refractivity contribution in [2.75, 3.05) is 10.6 Å². The van der Waals surface area contributed by atoms with Gasteiger partial charge in [-0.3, -0.25) is 14.8 Å². The fourth-order valence-electron chi connectivity index (χ4n) is 3.10. The number of carbonyl (C=O) groups excluding carboxylic acids is 1. The number of carbonyl (C=O) groups is 1. The van der Waals surface area contributed by atoms with Gasteiger partial charge >= 0.3 is 0 Å². The first-order valence-corrected chi connectivity index (χ1v) is 9.40. The minimum Gasteiger partial charge on any atom is -0.362 e. The van der Waals surface area contributed by atoms with E-state index in [1.165, 1.54) is 0 Å². The number of fused-ring (bicyclic) bond motifs is 1. The lowest BCUT2D eigenvalue weighted by molar-refractivity contribution is 0.102. The third-order valence-electron chi connectivity index (χ3n) is 4.59. The summed E-state index contributed by atoms with van der Waals surface area (Å²) in [6.45, 7) is 3.95. The van der Waals surface area contributed by atoms with E-state index in [1.807, 2.05) is 68.4 Å². The predicted octanol–water partition coefficient (Wildman–Crippen LogP) is 4.76. The van der Waals surface area contributed by atoms with E-state index in [9.17, 15) is 4.79 Å². The van der Waals surface area contributed by atoms with Crippen molar-refractivity contribution >= 4 is 28.4 Å². The van der Waals surface area contributed by atoms with Gasteiger partial charge in [0.1, 0.15) is 5.82 Å². The van der Waals surface area contributed by atoms with E-state index in [0.717, 1.165) is 27.8 Å². The number of hydrogen-bond donors (Lipinski definition) is 2. The summed E-state index contributed by atoms with van der Waals surface area (Å²) >= 11 is 0. The highest BCUT2D eigenvalue weighted by atomic mass is 16.1. The fourth-order valence-corrected chi connectivity index (χ4v) is 3.10. The van der Waals surface area contributed by atoms with Crippen LogP contribution in [-0.4, -0.2) is 20.9 Å². The smallest absolute Gasteiger partial charge is 0.257 e. The van der Waals surface area contributed by atoms with Crippen LogP contribution in [0.2, 0.25) is 0 Å². The lowest BCUT2D eigenvalue weighted by Gasteiger charge is -2.16. The van der Waals surface area contributed by atoms with Gasteiger partial charge in [-0.1, -0.05) is 24.3 Å². The number of anilines is 2. The molecule has 0 aliphatic heterocycles. The van der Waals surface area contributed by atoms with Crippen LogP contribution in [-0.2, 0) is 0 Å². The number of aryl methyl sites for hydroxylation is 1. The monoisotopic (exact) mass is 383 g/mol. The van der Waals surface area contributed by atoms with Crippen LogP contribution in [0.3, 0.4) is 0 Å². The molecule has 1 atom stereocenters. The molecule has 144 valence electrons. The van der Waals surface area contributed by atoms with Gasteiger partial charge < -0.3 is 10.6 Å². The van der Waals surface area contributed by atoms with Gasteiger partial charge in [-0.25, -0.2) is 4.98 Å². The largest absolute Gasteiger partial charge is 0.362 e. The third-order valence-corrected chi connectivity index (χ3v) is 4.59. The molecule has 0 spiro atoms. The Bertz CT molecular complexity index is 1170. The molecule has 0 saturated heterocycles. The minimum absolute atomic E-state index is 0.0112. The van der Waals surface area contributed by atoms with Crippen LogP contribution in [0.4, 0.5) is 11.5 Å². The maximum absolute atomic E-state index is 12.5. The van der Waals surface area contributed by atoms with Crippen LogP contribution in [0.5, 0.6) is 0 Å². The summed E-state index contributed by atoms with van der Waals surface area (Å²) in [5.74, 6) is 0.524. The topological polar surface area (TPSA) is 79.8 Å². The second-order valence-electron chi connectivity index (χ2n) is 6.94. The van der Waals surface area contributed by atoms with Crippen LogP contribution in [0.1, 0.15) is 34.5 Å². The maximum atomic E-state index is 12.5. The molecule has 2 heterocycles. The number of nitrogens with one attached hydrogen (secondary N) is 2. The summed E-state index contributed by atoms with van der Waals surface area (Å²) in [5.41, 5.74) is 4.94. The molecule has 6 heteroatoms. The Morgan fingerprint density at radius 1 is 0.966 bits per heavy atom. The van der Waals surface area contributed by atoms with Gasteiger partial charge in [0, 0.05) is 18.1 Å². The lowest BCUT2D eigenvalue weighted by Crippen LogP contribution is -2.13. The number of benzene rings is 2. The summed E-state index contributed by atoms with van der Waals surface area (Å²) in [5, 5.41) is 6.31. The van der Waals surface area contributed by atoms with Crippen molar-refractivity contribution in [2.24, 2.45) is 0 Å². The molecule has 0 fully saturated rings.